The number of piperidine rings is 2. The summed E-state index contributed by atoms with van der Waals surface area (Å²) in [5.74, 6) is 1.26. The minimum absolute atomic E-state index is 0.0888. The van der Waals surface area contributed by atoms with Gasteiger partial charge in [0.05, 0.1) is 5.69 Å². The number of hydrogen-bond acceptors (Lipinski definition) is 6. The lowest BCUT2D eigenvalue weighted by molar-refractivity contribution is -0.136. The SMILES string of the molecule is COCc1cc(C[C@@H]2CNCC[C@H]2CC(=O)N2CCC(C(N)=O)CC2)no1. The summed E-state index contributed by atoms with van der Waals surface area (Å²) >= 11 is 0. The molecule has 0 aliphatic carbocycles. The summed E-state index contributed by atoms with van der Waals surface area (Å²) < 4.78 is 10.3. The van der Waals surface area contributed by atoms with Gasteiger partial charge in [0.2, 0.25) is 11.8 Å². The topological polar surface area (TPSA) is 111 Å². The zero-order valence-corrected chi connectivity index (χ0v) is 16.0. The molecule has 8 heteroatoms. The van der Waals surface area contributed by atoms with Crippen LogP contribution in [0.5, 0.6) is 0 Å². The third-order valence-corrected chi connectivity index (χ3v) is 5.82. The summed E-state index contributed by atoms with van der Waals surface area (Å²) in [7, 11) is 1.63. The highest BCUT2D eigenvalue weighted by Gasteiger charge is 2.31. The standard InChI is InChI=1S/C19H30N4O4/c1-26-12-17-10-16(22-27-17)8-15-11-21-5-2-14(15)9-18(24)23-6-3-13(4-7-23)19(20)25/h10,13-15,21H,2-9,11-12H2,1H3,(H2,20,25)/t14-,15+/m0/s1. The highest BCUT2D eigenvalue weighted by atomic mass is 16.5. The van der Waals surface area contributed by atoms with Gasteiger partial charge in [0, 0.05) is 38.6 Å². The van der Waals surface area contributed by atoms with Gasteiger partial charge in [0.25, 0.3) is 0 Å². The molecule has 1 aromatic rings. The van der Waals surface area contributed by atoms with Crippen LogP contribution >= 0.6 is 0 Å². The highest BCUT2D eigenvalue weighted by Crippen LogP contribution is 2.28. The number of carbonyl (C=O) groups excluding carboxylic acids is 2. The van der Waals surface area contributed by atoms with Crippen molar-refractivity contribution in [2.75, 3.05) is 33.3 Å². The summed E-state index contributed by atoms with van der Waals surface area (Å²) in [6.45, 7) is 3.50. The Bertz CT molecular complexity index is 639. The summed E-state index contributed by atoms with van der Waals surface area (Å²) in [4.78, 5) is 26.0. The maximum atomic E-state index is 12.8. The van der Waals surface area contributed by atoms with Crippen LogP contribution in [0.15, 0.2) is 10.6 Å². The quantitative estimate of drug-likeness (QED) is 0.723. The third-order valence-electron chi connectivity index (χ3n) is 5.82. The van der Waals surface area contributed by atoms with Gasteiger partial charge in [-0.05, 0) is 50.6 Å². The second-order valence-electron chi connectivity index (χ2n) is 7.70. The van der Waals surface area contributed by atoms with Gasteiger partial charge in [-0.3, -0.25) is 9.59 Å². The molecular weight excluding hydrogens is 348 g/mol. The zero-order valence-electron chi connectivity index (χ0n) is 16.0. The van der Waals surface area contributed by atoms with Gasteiger partial charge < -0.3 is 25.2 Å². The number of primary amides is 1. The Morgan fingerprint density at radius 2 is 2.11 bits per heavy atom. The van der Waals surface area contributed by atoms with Crippen LogP contribution in [0.1, 0.15) is 37.1 Å². The van der Waals surface area contributed by atoms with Crippen molar-refractivity contribution in [1.82, 2.24) is 15.4 Å². The minimum atomic E-state index is -0.249. The van der Waals surface area contributed by atoms with Gasteiger partial charge in [0.1, 0.15) is 6.61 Å². The third kappa shape index (κ3) is 5.29. The minimum Gasteiger partial charge on any atom is -0.377 e. The first kappa shape index (κ1) is 19.8. The van der Waals surface area contributed by atoms with Gasteiger partial charge in [0.15, 0.2) is 5.76 Å². The highest BCUT2D eigenvalue weighted by molar-refractivity contribution is 5.79. The molecule has 0 aromatic carbocycles. The number of rotatable bonds is 7. The predicted octanol–water partition coefficient (Wildman–Crippen LogP) is 0.703. The number of nitrogens with one attached hydrogen (secondary N) is 1. The molecule has 2 atom stereocenters. The fourth-order valence-corrected chi connectivity index (χ4v) is 4.18. The Kier molecular flexibility index (Phi) is 6.84. The van der Waals surface area contributed by atoms with E-state index in [-0.39, 0.29) is 17.7 Å². The normalized spacial score (nSPS) is 24.1. The number of amides is 2. The summed E-state index contributed by atoms with van der Waals surface area (Å²) in [5.41, 5.74) is 6.29. The van der Waals surface area contributed by atoms with E-state index in [0.717, 1.165) is 37.4 Å². The molecule has 0 unspecified atom stereocenters. The summed E-state index contributed by atoms with van der Waals surface area (Å²) in [6.07, 6.45) is 3.69. The van der Waals surface area contributed by atoms with Crippen LogP contribution in [-0.4, -0.2) is 55.2 Å². The van der Waals surface area contributed by atoms with E-state index in [2.05, 4.69) is 10.5 Å². The van der Waals surface area contributed by atoms with E-state index in [9.17, 15) is 9.59 Å². The summed E-state index contributed by atoms with van der Waals surface area (Å²) in [5, 5.41) is 7.56. The number of aromatic nitrogens is 1. The molecule has 8 nitrogen and oxygen atoms in total. The van der Waals surface area contributed by atoms with Crippen LogP contribution in [-0.2, 0) is 27.4 Å². The lowest BCUT2D eigenvalue weighted by atomic mass is 9.80. The molecule has 3 N–H and O–H groups in total. The van der Waals surface area contributed by atoms with Crippen LogP contribution in [0, 0.1) is 17.8 Å². The van der Waals surface area contributed by atoms with Crippen molar-refractivity contribution in [2.24, 2.45) is 23.5 Å². The second-order valence-corrected chi connectivity index (χ2v) is 7.70. The Hall–Kier alpha value is -1.93. The molecule has 0 bridgehead atoms. The first-order chi connectivity index (χ1) is 13.1. The summed E-state index contributed by atoms with van der Waals surface area (Å²) in [6, 6.07) is 1.94. The number of carbonyl (C=O) groups is 2. The molecule has 3 rings (SSSR count). The number of ether oxygens (including phenoxy) is 1. The maximum Gasteiger partial charge on any atom is 0.222 e. The molecule has 0 spiro atoms. The van der Waals surface area contributed by atoms with Gasteiger partial charge in [-0.2, -0.15) is 0 Å². The molecule has 0 radical (unpaired) electrons. The smallest absolute Gasteiger partial charge is 0.222 e. The van der Waals surface area contributed by atoms with Crippen molar-refractivity contribution >= 4 is 11.8 Å². The van der Waals surface area contributed by atoms with E-state index in [1.165, 1.54) is 0 Å². The van der Waals surface area contributed by atoms with E-state index in [1.54, 1.807) is 7.11 Å². The first-order valence-electron chi connectivity index (χ1n) is 9.78. The van der Waals surface area contributed by atoms with Crippen molar-refractivity contribution in [2.45, 2.75) is 38.7 Å². The van der Waals surface area contributed by atoms with Crippen molar-refractivity contribution in [3.05, 3.63) is 17.5 Å². The number of likely N-dealkylation sites (tertiary alicyclic amines) is 1. The fourth-order valence-electron chi connectivity index (χ4n) is 4.18. The monoisotopic (exact) mass is 378 g/mol. The lowest BCUT2D eigenvalue weighted by Gasteiger charge is -2.35. The average Bonchev–Trinajstić information content (AvgIpc) is 3.11. The Labute approximate surface area is 159 Å². The molecular formula is C19H30N4O4. The van der Waals surface area contributed by atoms with E-state index in [1.807, 2.05) is 11.0 Å². The van der Waals surface area contributed by atoms with Crippen molar-refractivity contribution in [1.29, 1.82) is 0 Å². The van der Waals surface area contributed by atoms with Crippen LogP contribution in [0.2, 0.25) is 0 Å². The molecule has 2 aliphatic rings. The molecule has 2 fully saturated rings. The van der Waals surface area contributed by atoms with Crippen molar-refractivity contribution in [3.63, 3.8) is 0 Å². The molecule has 150 valence electrons. The van der Waals surface area contributed by atoms with Gasteiger partial charge in [-0.1, -0.05) is 5.16 Å². The van der Waals surface area contributed by atoms with Gasteiger partial charge in [-0.15, -0.1) is 0 Å². The molecule has 2 aliphatic heterocycles. The Balaban J connectivity index is 1.53. The maximum absolute atomic E-state index is 12.8. The van der Waals surface area contributed by atoms with E-state index >= 15 is 0 Å². The number of hydrogen-bond donors (Lipinski definition) is 2. The van der Waals surface area contributed by atoms with Crippen LogP contribution in [0.4, 0.5) is 0 Å². The van der Waals surface area contributed by atoms with Crippen LogP contribution in [0.3, 0.4) is 0 Å². The fraction of sp³-hybridized carbons (Fsp3) is 0.737. The molecule has 27 heavy (non-hydrogen) atoms. The Morgan fingerprint density at radius 3 is 2.81 bits per heavy atom. The predicted molar refractivity (Wildman–Crippen MR) is 98.5 cm³/mol. The first-order valence-corrected chi connectivity index (χ1v) is 9.78. The molecule has 1 aromatic heterocycles. The second kappa shape index (κ2) is 9.32. The van der Waals surface area contributed by atoms with E-state index < -0.39 is 0 Å². The zero-order chi connectivity index (χ0) is 19.2. The lowest BCUT2D eigenvalue weighted by Crippen LogP contribution is -2.44. The molecule has 0 saturated carbocycles. The van der Waals surface area contributed by atoms with Gasteiger partial charge in [-0.25, -0.2) is 0 Å². The van der Waals surface area contributed by atoms with Gasteiger partial charge >= 0.3 is 0 Å². The molecule has 3 heterocycles. The van der Waals surface area contributed by atoms with E-state index in [4.69, 9.17) is 15.0 Å². The number of nitrogens with two attached hydrogens (primary N) is 1. The van der Waals surface area contributed by atoms with Crippen LogP contribution in [0.25, 0.3) is 0 Å². The number of methoxy groups -OCH3 is 1. The average molecular weight is 378 g/mol. The van der Waals surface area contributed by atoms with Crippen LogP contribution < -0.4 is 11.1 Å². The largest absolute Gasteiger partial charge is 0.377 e. The van der Waals surface area contributed by atoms with Crippen molar-refractivity contribution < 1.29 is 18.8 Å². The molecule has 2 amide bonds. The van der Waals surface area contributed by atoms with Crippen molar-refractivity contribution in [3.8, 4) is 0 Å². The molecule has 2 saturated heterocycles. The Morgan fingerprint density at radius 1 is 1.33 bits per heavy atom. The van der Waals surface area contributed by atoms with E-state index in [0.29, 0.717) is 50.8 Å². The number of nitrogens with zero attached hydrogens (tertiary/aromatic N) is 2.